The minimum Gasteiger partial charge on any atom is -0.480 e. The number of hydrogen-bond acceptors (Lipinski definition) is 6. The molecule has 2 rings (SSSR count). The van der Waals surface area contributed by atoms with Gasteiger partial charge < -0.3 is 19.7 Å². The predicted octanol–water partition coefficient (Wildman–Crippen LogP) is 2.54. The number of carbonyl (C=O) groups is 1. The summed E-state index contributed by atoms with van der Waals surface area (Å²) >= 11 is 0. The largest absolute Gasteiger partial charge is 0.480 e. The fraction of sp³-hybridized carbons (Fsp3) is 0.688. The normalized spacial score (nSPS) is 18.4. The van der Waals surface area contributed by atoms with Crippen molar-refractivity contribution < 1.29 is 14.3 Å². The molecule has 128 valence electrons. The van der Waals surface area contributed by atoms with Crippen LogP contribution in [0.3, 0.4) is 0 Å². The molecule has 0 bridgehead atoms. The van der Waals surface area contributed by atoms with Crippen molar-refractivity contribution in [1.82, 2.24) is 14.9 Å². The molecule has 1 atom stereocenters. The van der Waals surface area contributed by atoms with Gasteiger partial charge >= 0.3 is 6.09 Å². The number of likely N-dealkylation sites (tertiary alicyclic amines) is 1. The zero-order chi connectivity index (χ0) is 16.9. The lowest BCUT2D eigenvalue weighted by molar-refractivity contribution is 0.0172. The van der Waals surface area contributed by atoms with Gasteiger partial charge in [0.05, 0.1) is 19.5 Å². The molecule has 7 nitrogen and oxygen atoms in total. The number of carbonyl (C=O) groups excluding carboxylic acids is 1. The van der Waals surface area contributed by atoms with Gasteiger partial charge in [-0.3, -0.25) is 4.98 Å². The van der Waals surface area contributed by atoms with Crippen LogP contribution in [-0.2, 0) is 4.74 Å². The van der Waals surface area contributed by atoms with E-state index in [0.717, 1.165) is 25.9 Å². The van der Waals surface area contributed by atoms with Crippen molar-refractivity contribution in [3.8, 4) is 5.88 Å². The summed E-state index contributed by atoms with van der Waals surface area (Å²) < 4.78 is 10.5. The number of nitrogens with one attached hydrogen (secondary N) is 1. The van der Waals surface area contributed by atoms with E-state index in [9.17, 15) is 4.79 Å². The molecule has 1 amide bonds. The zero-order valence-electron chi connectivity index (χ0n) is 14.3. The molecule has 1 N–H and O–H groups in total. The van der Waals surface area contributed by atoms with Gasteiger partial charge in [0.25, 0.3) is 0 Å². The van der Waals surface area contributed by atoms with Crippen LogP contribution in [-0.4, -0.2) is 53.3 Å². The Kier molecular flexibility index (Phi) is 5.63. The summed E-state index contributed by atoms with van der Waals surface area (Å²) in [5, 5.41) is 3.26. The molecule has 0 spiro atoms. The van der Waals surface area contributed by atoms with E-state index in [2.05, 4.69) is 15.3 Å². The number of rotatable bonds is 4. The van der Waals surface area contributed by atoms with Gasteiger partial charge in [-0.15, -0.1) is 0 Å². The van der Waals surface area contributed by atoms with Crippen LogP contribution in [0, 0.1) is 5.92 Å². The van der Waals surface area contributed by atoms with E-state index in [1.165, 1.54) is 0 Å². The van der Waals surface area contributed by atoms with E-state index in [0.29, 0.717) is 24.2 Å². The molecule has 1 aliphatic rings. The Bertz CT molecular complexity index is 530. The lowest BCUT2D eigenvalue weighted by Crippen LogP contribution is -2.44. The van der Waals surface area contributed by atoms with E-state index in [1.54, 1.807) is 24.4 Å². The first-order valence-electron chi connectivity index (χ1n) is 7.95. The van der Waals surface area contributed by atoms with Gasteiger partial charge in [0.2, 0.25) is 5.88 Å². The number of piperidine rings is 1. The molecule has 1 fully saturated rings. The Morgan fingerprint density at radius 3 is 2.91 bits per heavy atom. The predicted molar refractivity (Wildman–Crippen MR) is 87.6 cm³/mol. The van der Waals surface area contributed by atoms with Crippen LogP contribution < -0.4 is 10.1 Å². The summed E-state index contributed by atoms with van der Waals surface area (Å²) in [5.41, 5.74) is -0.460. The summed E-state index contributed by atoms with van der Waals surface area (Å²) in [7, 11) is 1.56. The maximum Gasteiger partial charge on any atom is 0.410 e. The Hall–Kier alpha value is -2.05. The van der Waals surface area contributed by atoms with Crippen LogP contribution >= 0.6 is 0 Å². The minimum absolute atomic E-state index is 0.233. The van der Waals surface area contributed by atoms with Gasteiger partial charge in [0.1, 0.15) is 11.4 Å². The molecule has 0 radical (unpaired) electrons. The standard InChI is InChI=1S/C16H26N4O3/c1-16(2,3)23-15(21)20-7-5-6-12(11-20)8-18-13-9-17-10-14(19-13)22-4/h9-10,12H,5-8,11H2,1-4H3,(H,18,19). The summed E-state index contributed by atoms with van der Waals surface area (Å²) in [6.45, 7) is 7.84. The SMILES string of the molecule is COc1cncc(NCC2CCCN(C(=O)OC(C)(C)C)C2)n1. The highest BCUT2D eigenvalue weighted by Gasteiger charge is 2.27. The van der Waals surface area contributed by atoms with E-state index in [-0.39, 0.29) is 6.09 Å². The molecule has 1 aromatic rings. The maximum atomic E-state index is 12.2. The first-order valence-corrected chi connectivity index (χ1v) is 7.95. The lowest BCUT2D eigenvalue weighted by Gasteiger charge is -2.34. The second kappa shape index (κ2) is 7.48. The van der Waals surface area contributed by atoms with Gasteiger partial charge in [-0.25, -0.2) is 4.79 Å². The third kappa shape index (κ3) is 5.58. The lowest BCUT2D eigenvalue weighted by atomic mass is 9.98. The fourth-order valence-electron chi connectivity index (χ4n) is 2.50. The van der Waals surface area contributed by atoms with Crippen molar-refractivity contribution in [2.75, 3.05) is 32.1 Å². The molecule has 23 heavy (non-hydrogen) atoms. The van der Waals surface area contributed by atoms with Crippen molar-refractivity contribution in [3.05, 3.63) is 12.4 Å². The number of anilines is 1. The van der Waals surface area contributed by atoms with Crippen LogP contribution in [0.4, 0.5) is 10.6 Å². The van der Waals surface area contributed by atoms with Crippen molar-refractivity contribution in [2.45, 2.75) is 39.2 Å². The van der Waals surface area contributed by atoms with Crippen molar-refractivity contribution in [3.63, 3.8) is 0 Å². The van der Waals surface area contributed by atoms with Gasteiger partial charge in [0, 0.05) is 19.6 Å². The molecule has 1 saturated heterocycles. The molecule has 7 heteroatoms. The minimum atomic E-state index is -0.460. The molecular weight excluding hydrogens is 296 g/mol. The zero-order valence-corrected chi connectivity index (χ0v) is 14.3. The summed E-state index contributed by atoms with van der Waals surface area (Å²) in [4.78, 5) is 22.3. The van der Waals surface area contributed by atoms with Crippen molar-refractivity contribution in [2.24, 2.45) is 5.92 Å². The van der Waals surface area contributed by atoms with Gasteiger partial charge in [-0.1, -0.05) is 0 Å². The van der Waals surface area contributed by atoms with E-state index < -0.39 is 5.60 Å². The summed E-state index contributed by atoms with van der Waals surface area (Å²) in [5.74, 6) is 1.53. The topological polar surface area (TPSA) is 76.6 Å². The Labute approximate surface area is 137 Å². The van der Waals surface area contributed by atoms with Gasteiger partial charge in [0.15, 0.2) is 0 Å². The third-order valence-corrected chi connectivity index (χ3v) is 3.56. The van der Waals surface area contributed by atoms with Crippen LogP contribution in [0.2, 0.25) is 0 Å². The highest BCUT2D eigenvalue weighted by molar-refractivity contribution is 5.68. The second-order valence-electron chi connectivity index (χ2n) is 6.76. The summed E-state index contributed by atoms with van der Waals surface area (Å²) in [6, 6.07) is 0. The third-order valence-electron chi connectivity index (χ3n) is 3.56. The monoisotopic (exact) mass is 322 g/mol. The second-order valence-corrected chi connectivity index (χ2v) is 6.76. The van der Waals surface area contributed by atoms with E-state index in [4.69, 9.17) is 9.47 Å². The summed E-state index contributed by atoms with van der Waals surface area (Å²) in [6.07, 6.45) is 5.05. The number of nitrogens with zero attached hydrogens (tertiary/aromatic N) is 3. The van der Waals surface area contributed by atoms with Crippen LogP contribution in [0.25, 0.3) is 0 Å². The van der Waals surface area contributed by atoms with E-state index >= 15 is 0 Å². The fourth-order valence-corrected chi connectivity index (χ4v) is 2.50. The number of aromatic nitrogens is 2. The molecule has 1 aliphatic heterocycles. The van der Waals surface area contributed by atoms with Crippen LogP contribution in [0.1, 0.15) is 33.6 Å². The maximum absolute atomic E-state index is 12.2. The average Bonchev–Trinajstić information content (AvgIpc) is 2.52. The molecule has 0 aromatic carbocycles. The van der Waals surface area contributed by atoms with Gasteiger partial charge in [-0.05, 0) is 39.5 Å². The molecule has 1 aromatic heterocycles. The van der Waals surface area contributed by atoms with Gasteiger partial charge in [-0.2, -0.15) is 4.98 Å². The Morgan fingerprint density at radius 2 is 2.22 bits per heavy atom. The number of hydrogen-bond donors (Lipinski definition) is 1. The molecule has 0 aliphatic carbocycles. The molecule has 0 saturated carbocycles. The number of amides is 1. The van der Waals surface area contributed by atoms with Crippen LogP contribution in [0.5, 0.6) is 5.88 Å². The first-order chi connectivity index (χ1) is 10.9. The van der Waals surface area contributed by atoms with Crippen molar-refractivity contribution in [1.29, 1.82) is 0 Å². The number of methoxy groups -OCH3 is 1. The van der Waals surface area contributed by atoms with E-state index in [1.807, 2.05) is 20.8 Å². The highest BCUT2D eigenvalue weighted by Crippen LogP contribution is 2.20. The Morgan fingerprint density at radius 1 is 1.43 bits per heavy atom. The molecule has 1 unspecified atom stereocenters. The smallest absolute Gasteiger partial charge is 0.410 e. The number of ether oxygens (including phenoxy) is 2. The molecule has 2 heterocycles. The first kappa shape index (κ1) is 17.3. The van der Waals surface area contributed by atoms with Crippen molar-refractivity contribution >= 4 is 11.9 Å². The van der Waals surface area contributed by atoms with Crippen LogP contribution in [0.15, 0.2) is 12.4 Å². The molecular formula is C16H26N4O3. The average molecular weight is 322 g/mol. The quantitative estimate of drug-likeness (QED) is 0.918. The Balaban J connectivity index is 1.85. The highest BCUT2D eigenvalue weighted by atomic mass is 16.6.